The summed E-state index contributed by atoms with van der Waals surface area (Å²) >= 11 is 5.73. The van der Waals surface area contributed by atoms with Gasteiger partial charge in [0.25, 0.3) is 0 Å². The van der Waals surface area contributed by atoms with Crippen LogP contribution >= 0.6 is 11.6 Å². The highest BCUT2D eigenvalue weighted by atomic mass is 35.5. The van der Waals surface area contributed by atoms with Crippen molar-refractivity contribution in [3.63, 3.8) is 0 Å². The largest absolute Gasteiger partial charge is 0.501 e. The molecule has 0 aromatic rings. The van der Waals surface area contributed by atoms with Crippen LogP contribution in [-0.2, 0) is 18.1 Å². The second-order valence-electron chi connectivity index (χ2n) is 4.00. The standard InChI is InChI=1S/C13H25ClO4Si/c1-5-9-13(15)12(4)18-19(16-6-2,17-7-3)11-8-10-14/h5,9,12H,6-8,10-11H2,1-4H3. The van der Waals surface area contributed by atoms with Crippen LogP contribution in [0.15, 0.2) is 12.2 Å². The molecule has 0 saturated carbocycles. The van der Waals surface area contributed by atoms with Gasteiger partial charge in [-0.15, -0.1) is 11.6 Å². The Bertz CT molecular complexity index is 278. The van der Waals surface area contributed by atoms with E-state index < -0.39 is 14.9 Å². The van der Waals surface area contributed by atoms with Crippen molar-refractivity contribution in [3.8, 4) is 0 Å². The fourth-order valence-electron chi connectivity index (χ4n) is 1.66. The van der Waals surface area contributed by atoms with Gasteiger partial charge >= 0.3 is 8.80 Å². The Hall–Kier alpha value is -0.203. The van der Waals surface area contributed by atoms with Gasteiger partial charge in [-0.3, -0.25) is 4.79 Å². The SMILES string of the molecule is CC=CC(=O)C(C)O[Si](CCCCl)(OCC)OCC. The molecule has 19 heavy (non-hydrogen) atoms. The zero-order valence-electron chi connectivity index (χ0n) is 12.3. The Morgan fingerprint density at radius 3 is 2.32 bits per heavy atom. The molecule has 0 amide bonds. The summed E-state index contributed by atoms with van der Waals surface area (Å²) in [4.78, 5) is 11.8. The molecular weight excluding hydrogens is 284 g/mol. The van der Waals surface area contributed by atoms with Crippen LogP contribution in [0, 0.1) is 0 Å². The Morgan fingerprint density at radius 1 is 1.32 bits per heavy atom. The number of ketones is 1. The van der Waals surface area contributed by atoms with E-state index in [0.717, 1.165) is 6.42 Å². The lowest BCUT2D eigenvalue weighted by Gasteiger charge is -2.30. The summed E-state index contributed by atoms with van der Waals surface area (Å²) in [6.07, 6.45) is 3.39. The van der Waals surface area contributed by atoms with E-state index in [9.17, 15) is 4.79 Å². The number of hydrogen-bond donors (Lipinski definition) is 0. The topological polar surface area (TPSA) is 44.8 Å². The maximum Gasteiger partial charge on any atom is 0.501 e. The van der Waals surface area contributed by atoms with Crippen molar-refractivity contribution in [3.05, 3.63) is 12.2 Å². The third-order valence-corrected chi connectivity index (χ3v) is 5.84. The summed E-state index contributed by atoms with van der Waals surface area (Å²) < 4.78 is 17.3. The molecule has 0 heterocycles. The van der Waals surface area contributed by atoms with Gasteiger partial charge < -0.3 is 13.3 Å². The van der Waals surface area contributed by atoms with Gasteiger partial charge in [-0.25, -0.2) is 0 Å². The Kier molecular flexibility index (Phi) is 10.5. The highest BCUT2D eigenvalue weighted by Gasteiger charge is 2.42. The minimum absolute atomic E-state index is 0.0790. The van der Waals surface area contributed by atoms with E-state index in [0.29, 0.717) is 25.1 Å². The molecule has 0 radical (unpaired) electrons. The van der Waals surface area contributed by atoms with Gasteiger partial charge in [-0.1, -0.05) is 6.08 Å². The average Bonchev–Trinajstić information content (AvgIpc) is 2.37. The van der Waals surface area contributed by atoms with Crippen LogP contribution in [-0.4, -0.2) is 39.8 Å². The minimum atomic E-state index is -2.81. The number of hydrogen-bond acceptors (Lipinski definition) is 4. The average molecular weight is 309 g/mol. The van der Waals surface area contributed by atoms with Crippen molar-refractivity contribution < 1.29 is 18.1 Å². The smallest absolute Gasteiger partial charge is 0.374 e. The Balaban J connectivity index is 4.82. The normalized spacial score (nSPS) is 13.9. The van der Waals surface area contributed by atoms with Crippen molar-refractivity contribution in [2.45, 2.75) is 46.3 Å². The number of alkyl halides is 1. The van der Waals surface area contributed by atoms with E-state index >= 15 is 0 Å². The molecule has 0 rings (SSSR count). The van der Waals surface area contributed by atoms with Gasteiger partial charge in [0.05, 0.1) is 0 Å². The highest BCUT2D eigenvalue weighted by Crippen LogP contribution is 2.21. The first-order valence-electron chi connectivity index (χ1n) is 6.73. The summed E-state index contributed by atoms with van der Waals surface area (Å²) in [5, 5.41) is 0. The zero-order valence-corrected chi connectivity index (χ0v) is 14.0. The van der Waals surface area contributed by atoms with Gasteiger partial charge in [0.2, 0.25) is 0 Å². The number of rotatable bonds is 11. The van der Waals surface area contributed by atoms with Gasteiger partial charge in [-0.2, -0.15) is 0 Å². The maximum absolute atomic E-state index is 11.8. The van der Waals surface area contributed by atoms with Gasteiger partial charge in [0, 0.05) is 25.1 Å². The summed E-state index contributed by atoms with van der Waals surface area (Å²) in [5.74, 6) is 0.444. The van der Waals surface area contributed by atoms with Crippen LogP contribution in [0.1, 0.15) is 34.1 Å². The number of carbonyl (C=O) groups excluding carboxylic acids is 1. The quantitative estimate of drug-likeness (QED) is 0.334. The van der Waals surface area contributed by atoms with Crippen molar-refractivity contribution in [2.75, 3.05) is 19.1 Å². The molecule has 0 aromatic carbocycles. The highest BCUT2D eigenvalue weighted by molar-refractivity contribution is 6.61. The predicted molar refractivity (Wildman–Crippen MR) is 79.5 cm³/mol. The third kappa shape index (κ3) is 7.22. The Labute approximate surface area is 122 Å². The molecule has 0 N–H and O–H groups in total. The van der Waals surface area contributed by atoms with Gasteiger partial charge in [-0.05, 0) is 40.2 Å². The molecule has 6 heteroatoms. The van der Waals surface area contributed by atoms with Crippen LogP contribution in [0.3, 0.4) is 0 Å². The third-order valence-electron chi connectivity index (χ3n) is 2.43. The first-order chi connectivity index (χ1) is 9.05. The first kappa shape index (κ1) is 18.8. The minimum Gasteiger partial charge on any atom is -0.374 e. The Morgan fingerprint density at radius 2 is 1.89 bits per heavy atom. The van der Waals surface area contributed by atoms with Crippen molar-refractivity contribution in [1.82, 2.24) is 0 Å². The number of halogens is 1. The van der Waals surface area contributed by atoms with Crippen molar-refractivity contribution in [1.29, 1.82) is 0 Å². The molecule has 0 aromatic heterocycles. The summed E-state index contributed by atoms with van der Waals surface area (Å²) in [6, 6.07) is 0.631. The fourth-order valence-corrected chi connectivity index (χ4v) is 4.79. The zero-order chi connectivity index (χ0) is 14.7. The van der Waals surface area contributed by atoms with Crippen molar-refractivity contribution in [2.24, 2.45) is 0 Å². The molecule has 0 bridgehead atoms. The molecule has 0 aliphatic heterocycles. The van der Waals surface area contributed by atoms with Crippen LogP contribution in [0.5, 0.6) is 0 Å². The molecule has 0 aliphatic carbocycles. The van der Waals surface area contributed by atoms with E-state index in [1.807, 2.05) is 13.8 Å². The molecular formula is C13H25ClO4Si. The lowest BCUT2D eigenvalue weighted by Crippen LogP contribution is -2.49. The van der Waals surface area contributed by atoms with Gasteiger partial charge in [0.1, 0.15) is 6.10 Å². The van der Waals surface area contributed by atoms with E-state index in [1.165, 1.54) is 6.08 Å². The molecule has 0 saturated heterocycles. The van der Waals surface area contributed by atoms with Crippen LogP contribution in [0.25, 0.3) is 0 Å². The van der Waals surface area contributed by atoms with E-state index in [4.69, 9.17) is 24.9 Å². The van der Waals surface area contributed by atoms with Crippen LogP contribution in [0.2, 0.25) is 6.04 Å². The van der Waals surface area contributed by atoms with Crippen molar-refractivity contribution >= 4 is 26.2 Å². The fraction of sp³-hybridized carbons (Fsp3) is 0.769. The predicted octanol–water partition coefficient (Wildman–Crippen LogP) is 3.18. The number of allylic oxidation sites excluding steroid dienone is 1. The van der Waals surface area contributed by atoms with E-state index in [1.54, 1.807) is 19.9 Å². The van der Waals surface area contributed by atoms with Crippen LogP contribution in [0.4, 0.5) is 0 Å². The molecule has 1 unspecified atom stereocenters. The summed E-state index contributed by atoms with van der Waals surface area (Å²) in [7, 11) is -2.81. The summed E-state index contributed by atoms with van der Waals surface area (Å²) in [5.41, 5.74) is 0. The van der Waals surface area contributed by atoms with E-state index in [-0.39, 0.29) is 5.78 Å². The number of carbonyl (C=O) groups is 1. The molecule has 4 nitrogen and oxygen atoms in total. The molecule has 0 aliphatic rings. The van der Waals surface area contributed by atoms with Gasteiger partial charge in [0.15, 0.2) is 5.78 Å². The van der Waals surface area contributed by atoms with Crippen LogP contribution < -0.4 is 0 Å². The maximum atomic E-state index is 11.8. The molecule has 0 spiro atoms. The second kappa shape index (κ2) is 10.6. The lowest BCUT2D eigenvalue weighted by atomic mass is 10.2. The van der Waals surface area contributed by atoms with E-state index in [2.05, 4.69) is 0 Å². The monoisotopic (exact) mass is 308 g/mol. The molecule has 112 valence electrons. The lowest BCUT2D eigenvalue weighted by molar-refractivity contribution is -0.122. The molecule has 1 atom stereocenters. The molecule has 0 fully saturated rings. The summed E-state index contributed by atoms with van der Waals surface area (Å²) in [6.45, 7) is 8.31. The second-order valence-corrected chi connectivity index (χ2v) is 7.06. The first-order valence-corrected chi connectivity index (χ1v) is 9.20.